The monoisotopic (exact) mass is 278 g/mol. The van der Waals surface area contributed by atoms with Crippen LogP contribution in [-0.4, -0.2) is 53.2 Å². The number of nitrogens with zero attached hydrogens (tertiary/aromatic N) is 3. The molecular weight excluding hydrogens is 256 g/mol. The molecule has 2 saturated heterocycles. The molecule has 0 bridgehead atoms. The summed E-state index contributed by atoms with van der Waals surface area (Å²) in [6, 6.07) is 0.130. The summed E-state index contributed by atoms with van der Waals surface area (Å²) in [7, 11) is 0. The van der Waals surface area contributed by atoms with E-state index in [4.69, 9.17) is 4.74 Å². The van der Waals surface area contributed by atoms with Gasteiger partial charge in [-0.1, -0.05) is 0 Å². The Bertz CT molecular complexity index is 461. The molecule has 2 fully saturated rings. The summed E-state index contributed by atoms with van der Waals surface area (Å²) in [5.74, 6) is 0.158. The van der Waals surface area contributed by atoms with E-state index in [-0.39, 0.29) is 11.9 Å². The summed E-state index contributed by atoms with van der Waals surface area (Å²) in [6.45, 7) is 5.65. The molecular formula is C14H22N4O2. The number of hydrogen-bond donors (Lipinski definition) is 1. The van der Waals surface area contributed by atoms with Gasteiger partial charge in [-0.2, -0.15) is 0 Å². The van der Waals surface area contributed by atoms with Crippen molar-refractivity contribution in [3.8, 4) is 0 Å². The van der Waals surface area contributed by atoms with Crippen LogP contribution in [0.2, 0.25) is 0 Å². The molecule has 2 unspecified atom stereocenters. The largest absolute Gasteiger partial charge is 0.378 e. The number of aromatic nitrogens is 2. The van der Waals surface area contributed by atoms with Crippen molar-refractivity contribution in [1.82, 2.24) is 19.8 Å². The zero-order chi connectivity index (χ0) is 13.9. The van der Waals surface area contributed by atoms with Gasteiger partial charge in [-0.25, -0.2) is 4.98 Å². The van der Waals surface area contributed by atoms with Gasteiger partial charge in [-0.15, -0.1) is 0 Å². The number of hydrogen-bond acceptors (Lipinski definition) is 4. The van der Waals surface area contributed by atoms with Gasteiger partial charge < -0.3 is 19.5 Å². The van der Waals surface area contributed by atoms with Crippen molar-refractivity contribution in [3.63, 3.8) is 0 Å². The average Bonchev–Trinajstić information content (AvgIpc) is 3.16. The first-order chi connectivity index (χ1) is 9.77. The third-order valence-electron chi connectivity index (χ3n) is 4.21. The highest BCUT2D eigenvalue weighted by Crippen LogP contribution is 2.25. The maximum Gasteiger partial charge on any atom is 0.245 e. The molecule has 3 rings (SSSR count). The van der Waals surface area contributed by atoms with E-state index in [1.165, 1.54) is 6.42 Å². The molecule has 2 aliphatic heterocycles. The first-order valence-electron chi connectivity index (χ1n) is 7.39. The van der Waals surface area contributed by atoms with Crippen molar-refractivity contribution in [3.05, 3.63) is 18.2 Å². The Balaban J connectivity index is 1.74. The predicted octanol–water partition coefficient (Wildman–Crippen LogP) is 0.727. The molecule has 6 nitrogen and oxygen atoms in total. The van der Waals surface area contributed by atoms with Crippen LogP contribution < -0.4 is 5.32 Å². The van der Waals surface area contributed by atoms with Crippen LogP contribution in [0.15, 0.2) is 12.5 Å². The molecule has 20 heavy (non-hydrogen) atoms. The standard InChI is InChI=1S/C14H22N4O2/c1-11(14(19)17-5-7-20-8-6-17)18-10-15-9-13(18)12-3-2-4-16-12/h9-12,16H,2-8H2,1H3. The lowest BCUT2D eigenvalue weighted by Crippen LogP contribution is -2.44. The highest BCUT2D eigenvalue weighted by Gasteiger charge is 2.27. The first-order valence-corrected chi connectivity index (χ1v) is 7.39. The van der Waals surface area contributed by atoms with E-state index in [0.29, 0.717) is 32.3 Å². The number of imidazole rings is 1. The summed E-state index contributed by atoms with van der Waals surface area (Å²) in [4.78, 5) is 18.7. The SMILES string of the molecule is CC(C(=O)N1CCOCC1)n1cncc1C1CCCN1. The molecule has 0 aliphatic carbocycles. The van der Waals surface area contributed by atoms with Crippen molar-refractivity contribution in [2.24, 2.45) is 0 Å². The Labute approximate surface area is 119 Å². The number of amides is 1. The number of rotatable bonds is 3. The Kier molecular flexibility index (Phi) is 4.03. The van der Waals surface area contributed by atoms with Crippen LogP contribution in [0.4, 0.5) is 0 Å². The lowest BCUT2D eigenvalue weighted by atomic mass is 10.1. The smallest absolute Gasteiger partial charge is 0.245 e. The lowest BCUT2D eigenvalue weighted by molar-refractivity contribution is -0.138. The summed E-state index contributed by atoms with van der Waals surface area (Å²) in [5, 5.41) is 3.47. The molecule has 1 aromatic rings. The summed E-state index contributed by atoms with van der Waals surface area (Å²) in [5.41, 5.74) is 1.12. The van der Waals surface area contributed by atoms with Crippen molar-refractivity contribution >= 4 is 5.91 Å². The molecule has 2 aliphatic rings. The molecule has 0 radical (unpaired) electrons. The van der Waals surface area contributed by atoms with E-state index < -0.39 is 0 Å². The molecule has 0 saturated carbocycles. The Hall–Kier alpha value is -1.40. The van der Waals surface area contributed by atoms with Gasteiger partial charge in [0.05, 0.1) is 25.2 Å². The number of morpholine rings is 1. The van der Waals surface area contributed by atoms with E-state index in [1.807, 2.05) is 22.6 Å². The van der Waals surface area contributed by atoms with Gasteiger partial charge in [0.1, 0.15) is 6.04 Å². The summed E-state index contributed by atoms with van der Waals surface area (Å²) in [6.07, 6.45) is 5.95. The second kappa shape index (κ2) is 5.93. The van der Waals surface area contributed by atoms with Gasteiger partial charge in [-0.3, -0.25) is 4.79 Å². The first kappa shape index (κ1) is 13.6. The van der Waals surface area contributed by atoms with E-state index >= 15 is 0 Å². The second-order valence-electron chi connectivity index (χ2n) is 5.49. The normalized spacial score (nSPS) is 24.9. The van der Waals surface area contributed by atoms with Crippen molar-refractivity contribution in [2.75, 3.05) is 32.8 Å². The summed E-state index contributed by atoms with van der Waals surface area (Å²) >= 11 is 0. The molecule has 1 aromatic heterocycles. The fourth-order valence-corrected chi connectivity index (χ4v) is 3.01. The number of carbonyl (C=O) groups is 1. The maximum absolute atomic E-state index is 12.6. The van der Waals surface area contributed by atoms with Crippen LogP contribution in [0.3, 0.4) is 0 Å². The number of ether oxygens (including phenoxy) is 1. The average molecular weight is 278 g/mol. The summed E-state index contributed by atoms with van der Waals surface area (Å²) < 4.78 is 7.32. The third kappa shape index (κ3) is 2.58. The molecule has 1 amide bonds. The van der Waals surface area contributed by atoms with Crippen LogP contribution in [-0.2, 0) is 9.53 Å². The van der Waals surface area contributed by atoms with E-state index in [0.717, 1.165) is 18.7 Å². The van der Waals surface area contributed by atoms with E-state index in [9.17, 15) is 4.79 Å². The highest BCUT2D eigenvalue weighted by atomic mass is 16.5. The van der Waals surface area contributed by atoms with Crippen molar-refractivity contribution in [1.29, 1.82) is 0 Å². The zero-order valence-electron chi connectivity index (χ0n) is 11.9. The Morgan fingerprint density at radius 1 is 1.50 bits per heavy atom. The van der Waals surface area contributed by atoms with Crippen molar-refractivity contribution < 1.29 is 9.53 Å². The van der Waals surface area contributed by atoms with Crippen LogP contribution in [0.25, 0.3) is 0 Å². The fourth-order valence-electron chi connectivity index (χ4n) is 3.01. The molecule has 2 atom stereocenters. The van der Waals surface area contributed by atoms with Gasteiger partial charge in [0.15, 0.2) is 0 Å². The van der Waals surface area contributed by atoms with Crippen LogP contribution >= 0.6 is 0 Å². The van der Waals surface area contributed by atoms with Gasteiger partial charge in [0.2, 0.25) is 5.91 Å². The highest BCUT2D eigenvalue weighted by molar-refractivity contribution is 5.80. The predicted molar refractivity (Wildman–Crippen MR) is 74.3 cm³/mol. The maximum atomic E-state index is 12.6. The quantitative estimate of drug-likeness (QED) is 0.885. The zero-order valence-corrected chi connectivity index (χ0v) is 11.9. The molecule has 3 heterocycles. The molecule has 0 aromatic carbocycles. The van der Waals surface area contributed by atoms with Crippen LogP contribution in [0.1, 0.15) is 37.5 Å². The molecule has 0 spiro atoms. The van der Waals surface area contributed by atoms with Crippen molar-refractivity contribution in [2.45, 2.75) is 31.8 Å². The minimum atomic E-state index is -0.201. The van der Waals surface area contributed by atoms with Gasteiger partial charge >= 0.3 is 0 Å². The van der Waals surface area contributed by atoms with E-state index in [1.54, 1.807) is 6.33 Å². The Morgan fingerprint density at radius 3 is 3.00 bits per heavy atom. The van der Waals surface area contributed by atoms with Gasteiger partial charge in [-0.05, 0) is 26.3 Å². The van der Waals surface area contributed by atoms with Gasteiger partial charge in [0.25, 0.3) is 0 Å². The lowest BCUT2D eigenvalue weighted by Gasteiger charge is -2.30. The van der Waals surface area contributed by atoms with Crippen LogP contribution in [0.5, 0.6) is 0 Å². The minimum Gasteiger partial charge on any atom is -0.378 e. The number of carbonyl (C=O) groups excluding carboxylic acids is 1. The fraction of sp³-hybridized carbons (Fsp3) is 0.714. The number of nitrogens with one attached hydrogen (secondary N) is 1. The third-order valence-corrected chi connectivity index (χ3v) is 4.21. The van der Waals surface area contributed by atoms with E-state index in [2.05, 4.69) is 10.3 Å². The Morgan fingerprint density at radius 2 is 2.30 bits per heavy atom. The minimum absolute atomic E-state index is 0.158. The molecule has 110 valence electrons. The molecule has 6 heteroatoms. The van der Waals surface area contributed by atoms with Gasteiger partial charge in [0, 0.05) is 25.3 Å². The topological polar surface area (TPSA) is 59.4 Å². The van der Waals surface area contributed by atoms with Crippen LogP contribution in [0, 0.1) is 0 Å². The molecule has 1 N–H and O–H groups in total. The second-order valence-corrected chi connectivity index (χ2v) is 5.49.